The van der Waals surface area contributed by atoms with Crippen molar-refractivity contribution in [3.05, 3.63) is 41.1 Å². The molecule has 3 nitrogen and oxygen atoms in total. The summed E-state index contributed by atoms with van der Waals surface area (Å²) in [4.78, 5) is 6.89. The van der Waals surface area contributed by atoms with Crippen LogP contribution in [0.4, 0.5) is 0 Å². The van der Waals surface area contributed by atoms with Gasteiger partial charge in [0.1, 0.15) is 10.4 Å². The van der Waals surface area contributed by atoms with Gasteiger partial charge < -0.3 is 9.72 Å². The van der Waals surface area contributed by atoms with Crippen molar-refractivity contribution in [1.82, 2.24) is 9.97 Å². The third-order valence-electron chi connectivity index (χ3n) is 1.48. The Balaban J connectivity index is 2.15. The highest BCUT2D eigenvalue weighted by atomic mass is 79.9. The Hall–Kier alpha value is -1.29. The highest BCUT2D eigenvalue weighted by Gasteiger charge is 1.99. The minimum absolute atomic E-state index is 0.484. The number of ether oxygens (including phenoxy) is 1. The molecule has 0 unspecified atom stereocenters. The van der Waals surface area contributed by atoms with Crippen LogP contribution in [-0.2, 0) is 0 Å². The molecule has 0 fully saturated rings. The van der Waals surface area contributed by atoms with Crippen LogP contribution >= 0.6 is 15.9 Å². The number of aromatic amines is 1. The minimum Gasteiger partial charge on any atom is -0.426 e. The van der Waals surface area contributed by atoms with Crippen molar-refractivity contribution >= 4 is 15.9 Å². The van der Waals surface area contributed by atoms with Crippen LogP contribution < -0.4 is 4.74 Å². The summed E-state index contributed by atoms with van der Waals surface area (Å²) in [5.41, 5.74) is 0. The van der Waals surface area contributed by atoms with Gasteiger partial charge in [0.25, 0.3) is 6.01 Å². The molecule has 0 aliphatic heterocycles. The third-order valence-corrected chi connectivity index (χ3v) is 1.88. The van der Waals surface area contributed by atoms with Crippen molar-refractivity contribution in [2.45, 2.75) is 0 Å². The lowest BCUT2D eigenvalue weighted by molar-refractivity contribution is 0.447. The fourth-order valence-electron chi connectivity index (χ4n) is 0.934. The molecular formula is C9H7BrN2O. The van der Waals surface area contributed by atoms with Crippen LogP contribution in [-0.4, -0.2) is 9.97 Å². The Morgan fingerprint density at radius 3 is 2.62 bits per heavy atom. The zero-order valence-electron chi connectivity index (χ0n) is 6.70. The number of aromatic nitrogens is 2. The average Bonchev–Trinajstić information content (AvgIpc) is 2.53. The SMILES string of the molecule is Brc1cnc(Oc2ccccc2)[nH]1. The predicted octanol–water partition coefficient (Wildman–Crippen LogP) is 2.96. The number of para-hydroxylation sites is 1. The summed E-state index contributed by atoms with van der Waals surface area (Å²) < 4.78 is 6.21. The first-order valence-electron chi connectivity index (χ1n) is 3.78. The van der Waals surface area contributed by atoms with Crippen LogP contribution in [0.1, 0.15) is 0 Å². The largest absolute Gasteiger partial charge is 0.426 e. The summed E-state index contributed by atoms with van der Waals surface area (Å²) in [5.74, 6) is 0.768. The van der Waals surface area contributed by atoms with Crippen LogP contribution in [0.25, 0.3) is 0 Å². The zero-order valence-corrected chi connectivity index (χ0v) is 8.28. The number of halogens is 1. The summed E-state index contributed by atoms with van der Waals surface area (Å²) in [6.45, 7) is 0. The maximum atomic E-state index is 5.40. The van der Waals surface area contributed by atoms with E-state index in [-0.39, 0.29) is 0 Å². The van der Waals surface area contributed by atoms with E-state index in [0.29, 0.717) is 6.01 Å². The van der Waals surface area contributed by atoms with E-state index in [0.717, 1.165) is 10.4 Å². The van der Waals surface area contributed by atoms with Gasteiger partial charge in [0.05, 0.1) is 6.20 Å². The number of nitrogens with zero attached hydrogens (tertiary/aromatic N) is 1. The first kappa shape index (κ1) is 8.31. The Labute approximate surface area is 83.9 Å². The van der Waals surface area contributed by atoms with E-state index in [1.165, 1.54) is 0 Å². The molecular weight excluding hydrogens is 232 g/mol. The van der Waals surface area contributed by atoms with Gasteiger partial charge in [0.15, 0.2) is 0 Å². The molecule has 2 aromatic rings. The van der Waals surface area contributed by atoms with E-state index >= 15 is 0 Å². The number of benzene rings is 1. The van der Waals surface area contributed by atoms with Gasteiger partial charge in [-0.25, -0.2) is 4.98 Å². The number of nitrogens with one attached hydrogen (secondary N) is 1. The molecule has 0 saturated carbocycles. The second-order valence-electron chi connectivity index (χ2n) is 2.45. The van der Waals surface area contributed by atoms with Crippen molar-refractivity contribution in [2.75, 3.05) is 0 Å². The fraction of sp³-hybridized carbons (Fsp3) is 0. The van der Waals surface area contributed by atoms with E-state index < -0.39 is 0 Å². The molecule has 0 radical (unpaired) electrons. The molecule has 1 heterocycles. The smallest absolute Gasteiger partial charge is 0.299 e. The van der Waals surface area contributed by atoms with Crippen LogP contribution in [0.15, 0.2) is 41.1 Å². The summed E-state index contributed by atoms with van der Waals surface area (Å²) in [6, 6.07) is 9.98. The van der Waals surface area contributed by atoms with Crippen LogP contribution in [0, 0.1) is 0 Å². The molecule has 1 aromatic carbocycles. The molecule has 66 valence electrons. The highest BCUT2D eigenvalue weighted by molar-refractivity contribution is 9.10. The molecule has 0 amide bonds. The molecule has 0 spiro atoms. The molecule has 1 aromatic heterocycles. The van der Waals surface area contributed by atoms with Gasteiger partial charge in [-0.1, -0.05) is 18.2 Å². The lowest BCUT2D eigenvalue weighted by Crippen LogP contribution is -1.84. The van der Waals surface area contributed by atoms with E-state index in [9.17, 15) is 0 Å². The molecule has 0 aliphatic carbocycles. The molecule has 4 heteroatoms. The third kappa shape index (κ3) is 2.09. The van der Waals surface area contributed by atoms with Crippen molar-refractivity contribution in [2.24, 2.45) is 0 Å². The summed E-state index contributed by atoms with van der Waals surface area (Å²) in [5, 5.41) is 0. The van der Waals surface area contributed by atoms with Crippen LogP contribution in [0.3, 0.4) is 0 Å². The van der Waals surface area contributed by atoms with Crippen molar-refractivity contribution in [3.63, 3.8) is 0 Å². The van der Waals surface area contributed by atoms with Gasteiger partial charge in [0, 0.05) is 0 Å². The van der Waals surface area contributed by atoms with E-state index in [4.69, 9.17) is 4.74 Å². The molecule has 0 atom stereocenters. The lowest BCUT2D eigenvalue weighted by Gasteiger charge is -1.99. The standard InChI is InChI=1S/C9H7BrN2O/c10-8-6-11-9(12-8)13-7-4-2-1-3-5-7/h1-6H,(H,11,12). The second kappa shape index (κ2) is 3.62. The quantitative estimate of drug-likeness (QED) is 0.874. The van der Waals surface area contributed by atoms with Gasteiger partial charge in [-0.3, -0.25) is 0 Å². The molecule has 0 bridgehead atoms. The van der Waals surface area contributed by atoms with Gasteiger partial charge in [-0.15, -0.1) is 0 Å². The van der Waals surface area contributed by atoms with Gasteiger partial charge in [-0.05, 0) is 28.1 Å². The maximum absolute atomic E-state index is 5.40. The molecule has 13 heavy (non-hydrogen) atoms. The summed E-state index contributed by atoms with van der Waals surface area (Å²) in [6.07, 6.45) is 1.65. The number of hydrogen-bond acceptors (Lipinski definition) is 2. The monoisotopic (exact) mass is 238 g/mol. The van der Waals surface area contributed by atoms with Crippen molar-refractivity contribution in [1.29, 1.82) is 0 Å². The Bertz CT molecular complexity index is 386. The van der Waals surface area contributed by atoms with Crippen molar-refractivity contribution < 1.29 is 4.74 Å². The maximum Gasteiger partial charge on any atom is 0.299 e. The van der Waals surface area contributed by atoms with Crippen LogP contribution in [0.2, 0.25) is 0 Å². The predicted molar refractivity (Wildman–Crippen MR) is 52.8 cm³/mol. The van der Waals surface area contributed by atoms with Crippen LogP contribution in [0.5, 0.6) is 11.8 Å². The number of hydrogen-bond donors (Lipinski definition) is 1. The Morgan fingerprint density at radius 2 is 2.00 bits per heavy atom. The van der Waals surface area contributed by atoms with Gasteiger partial charge in [-0.2, -0.15) is 0 Å². The first-order valence-corrected chi connectivity index (χ1v) is 4.57. The molecule has 1 N–H and O–H groups in total. The molecule has 0 aliphatic rings. The topological polar surface area (TPSA) is 37.9 Å². The Morgan fingerprint density at radius 1 is 1.23 bits per heavy atom. The normalized spacial score (nSPS) is 9.92. The number of rotatable bonds is 2. The minimum atomic E-state index is 0.484. The zero-order chi connectivity index (χ0) is 9.10. The molecule has 2 rings (SSSR count). The van der Waals surface area contributed by atoms with Gasteiger partial charge >= 0.3 is 0 Å². The number of imidazole rings is 1. The summed E-state index contributed by atoms with van der Waals surface area (Å²) in [7, 11) is 0. The lowest BCUT2D eigenvalue weighted by atomic mass is 10.3. The van der Waals surface area contributed by atoms with Crippen molar-refractivity contribution in [3.8, 4) is 11.8 Å². The fourth-order valence-corrected chi connectivity index (χ4v) is 1.21. The second-order valence-corrected chi connectivity index (χ2v) is 3.31. The highest BCUT2D eigenvalue weighted by Crippen LogP contribution is 2.18. The van der Waals surface area contributed by atoms with E-state index in [1.54, 1.807) is 6.20 Å². The first-order chi connectivity index (χ1) is 6.34. The average molecular weight is 239 g/mol. The number of H-pyrrole nitrogens is 1. The summed E-state index contributed by atoms with van der Waals surface area (Å²) >= 11 is 3.25. The Kier molecular flexibility index (Phi) is 2.31. The molecule has 0 saturated heterocycles. The van der Waals surface area contributed by atoms with Gasteiger partial charge in [0.2, 0.25) is 0 Å². The van der Waals surface area contributed by atoms with E-state index in [1.807, 2.05) is 30.3 Å². The van der Waals surface area contributed by atoms with E-state index in [2.05, 4.69) is 25.9 Å².